The monoisotopic (exact) mass is 263 g/mol. The summed E-state index contributed by atoms with van der Waals surface area (Å²) >= 11 is 0. The van der Waals surface area contributed by atoms with Crippen molar-refractivity contribution in [3.05, 3.63) is 35.9 Å². The lowest BCUT2D eigenvalue weighted by Gasteiger charge is -2.39. The van der Waals surface area contributed by atoms with Gasteiger partial charge >= 0.3 is 12.1 Å². The Labute approximate surface area is 111 Å². The molecule has 0 unspecified atom stereocenters. The molecule has 1 aliphatic heterocycles. The molecule has 2 atom stereocenters. The maximum absolute atomic E-state index is 11.3. The third-order valence-corrected chi connectivity index (χ3v) is 3.28. The van der Waals surface area contributed by atoms with Crippen LogP contribution in [-0.4, -0.2) is 40.8 Å². The van der Waals surface area contributed by atoms with Crippen molar-refractivity contribution in [2.45, 2.75) is 31.9 Å². The molecule has 0 spiro atoms. The minimum Gasteiger partial charge on any atom is -0.465 e. The van der Waals surface area contributed by atoms with Crippen molar-refractivity contribution in [3.63, 3.8) is 0 Å². The molecule has 0 aliphatic carbocycles. The van der Waals surface area contributed by atoms with E-state index in [2.05, 4.69) is 0 Å². The summed E-state index contributed by atoms with van der Waals surface area (Å²) in [6.07, 6.45) is 0.0648. The van der Waals surface area contributed by atoms with Gasteiger partial charge in [0.15, 0.2) is 6.04 Å². The molecule has 0 radical (unpaired) electrons. The highest BCUT2D eigenvalue weighted by atomic mass is 16.6. The molecule has 0 aromatic heterocycles. The highest BCUT2D eigenvalue weighted by molar-refractivity contribution is 5.85. The van der Waals surface area contributed by atoms with Gasteiger partial charge in [-0.1, -0.05) is 30.3 Å². The van der Waals surface area contributed by atoms with Gasteiger partial charge in [-0.2, -0.15) is 0 Å². The second kappa shape index (κ2) is 5.73. The van der Waals surface area contributed by atoms with Crippen LogP contribution in [-0.2, 0) is 16.0 Å². The SMILES string of the molecule is C[C@@H]1OC(=O)[C@@H]1N(CCCc1ccccc1)C(=O)O. The lowest BCUT2D eigenvalue weighted by Crippen LogP contribution is -2.60. The molecule has 1 amide bonds. The molecule has 102 valence electrons. The lowest BCUT2D eigenvalue weighted by atomic mass is 10.0. The van der Waals surface area contributed by atoms with Gasteiger partial charge in [-0.3, -0.25) is 4.90 Å². The molecular weight excluding hydrogens is 246 g/mol. The molecule has 1 heterocycles. The first kappa shape index (κ1) is 13.4. The van der Waals surface area contributed by atoms with Crippen molar-refractivity contribution in [2.75, 3.05) is 6.54 Å². The highest BCUT2D eigenvalue weighted by Crippen LogP contribution is 2.21. The highest BCUT2D eigenvalue weighted by Gasteiger charge is 2.45. The van der Waals surface area contributed by atoms with Crippen LogP contribution >= 0.6 is 0 Å². The molecule has 5 nitrogen and oxygen atoms in total. The Bertz CT molecular complexity index is 460. The quantitative estimate of drug-likeness (QED) is 0.824. The van der Waals surface area contributed by atoms with Crippen LogP contribution < -0.4 is 0 Å². The summed E-state index contributed by atoms with van der Waals surface area (Å²) in [6.45, 7) is 2.05. The predicted octanol–water partition coefficient (Wildman–Crippen LogP) is 1.91. The molecule has 19 heavy (non-hydrogen) atoms. The molecule has 1 N–H and O–H groups in total. The van der Waals surface area contributed by atoms with Crippen molar-refractivity contribution in [3.8, 4) is 0 Å². The second-order valence-electron chi connectivity index (χ2n) is 4.65. The standard InChI is InChI=1S/C14H17NO4/c1-10-12(13(16)19-10)15(14(17)18)9-5-8-11-6-3-2-4-7-11/h2-4,6-7,10,12H,5,8-9H2,1H3,(H,17,18)/t10-,12+/m0/s1. The molecular formula is C14H17NO4. The Balaban J connectivity index is 1.88. The first-order valence-corrected chi connectivity index (χ1v) is 6.33. The largest absolute Gasteiger partial charge is 0.465 e. The third kappa shape index (κ3) is 3.05. The zero-order valence-corrected chi connectivity index (χ0v) is 10.8. The van der Waals surface area contributed by atoms with E-state index >= 15 is 0 Å². The first-order chi connectivity index (χ1) is 9.09. The number of carbonyl (C=O) groups excluding carboxylic acids is 1. The number of benzene rings is 1. The van der Waals surface area contributed by atoms with Gasteiger partial charge in [0.25, 0.3) is 0 Å². The van der Waals surface area contributed by atoms with Crippen molar-refractivity contribution < 1.29 is 19.4 Å². The predicted molar refractivity (Wildman–Crippen MR) is 68.8 cm³/mol. The minimum atomic E-state index is -1.07. The Kier molecular flexibility index (Phi) is 4.04. The summed E-state index contributed by atoms with van der Waals surface area (Å²) in [6, 6.07) is 9.22. The number of amides is 1. The summed E-state index contributed by atoms with van der Waals surface area (Å²) in [5.41, 5.74) is 1.16. The van der Waals surface area contributed by atoms with Crippen LogP contribution in [0.5, 0.6) is 0 Å². The molecule has 5 heteroatoms. The Morgan fingerprint density at radius 1 is 1.37 bits per heavy atom. The molecule has 0 bridgehead atoms. The summed E-state index contributed by atoms with van der Waals surface area (Å²) in [5.74, 6) is -0.449. The van der Waals surface area contributed by atoms with Gasteiger partial charge in [-0.15, -0.1) is 0 Å². The number of carboxylic acid groups (broad SMARTS) is 1. The van der Waals surface area contributed by atoms with Gasteiger partial charge < -0.3 is 9.84 Å². The van der Waals surface area contributed by atoms with Gasteiger partial charge in [-0.25, -0.2) is 9.59 Å². The minimum absolute atomic E-state index is 0.342. The number of cyclic esters (lactones) is 1. The van der Waals surface area contributed by atoms with Crippen molar-refractivity contribution >= 4 is 12.1 Å². The summed E-state index contributed by atoms with van der Waals surface area (Å²) < 4.78 is 4.80. The first-order valence-electron chi connectivity index (χ1n) is 6.33. The van der Waals surface area contributed by atoms with Crippen LogP contribution in [0.25, 0.3) is 0 Å². The molecule has 2 rings (SSSR count). The lowest BCUT2D eigenvalue weighted by molar-refractivity contribution is -0.183. The van der Waals surface area contributed by atoms with Crippen molar-refractivity contribution in [1.29, 1.82) is 0 Å². The fraction of sp³-hybridized carbons (Fsp3) is 0.429. The fourth-order valence-electron chi connectivity index (χ4n) is 2.27. The van der Waals surface area contributed by atoms with Crippen molar-refractivity contribution in [1.82, 2.24) is 4.90 Å². The van der Waals surface area contributed by atoms with Crippen molar-refractivity contribution in [2.24, 2.45) is 0 Å². The van der Waals surface area contributed by atoms with E-state index in [0.29, 0.717) is 13.0 Å². The number of nitrogens with zero attached hydrogens (tertiary/aromatic N) is 1. The number of hydrogen-bond acceptors (Lipinski definition) is 3. The van der Waals surface area contributed by atoms with Crippen LogP contribution in [0.3, 0.4) is 0 Å². The fourth-order valence-corrected chi connectivity index (χ4v) is 2.27. The number of ether oxygens (including phenoxy) is 1. The van der Waals surface area contributed by atoms with Crippen LogP contribution in [0.4, 0.5) is 4.79 Å². The average molecular weight is 263 g/mol. The van der Waals surface area contributed by atoms with E-state index < -0.39 is 18.1 Å². The number of aryl methyl sites for hydroxylation is 1. The van der Waals surface area contributed by atoms with E-state index in [1.54, 1.807) is 6.92 Å². The molecule has 0 saturated carbocycles. The Morgan fingerprint density at radius 2 is 2.05 bits per heavy atom. The van der Waals surface area contributed by atoms with Gasteiger partial charge in [0.05, 0.1) is 0 Å². The molecule has 1 fully saturated rings. The summed E-state index contributed by atoms with van der Waals surface area (Å²) in [5, 5.41) is 9.16. The van der Waals surface area contributed by atoms with E-state index in [1.165, 1.54) is 4.90 Å². The molecule has 1 aliphatic rings. The molecule has 1 aromatic carbocycles. The summed E-state index contributed by atoms with van der Waals surface area (Å²) in [4.78, 5) is 23.7. The third-order valence-electron chi connectivity index (χ3n) is 3.28. The van der Waals surface area contributed by atoms with Gasteiger partial charge in [0.2, 0.25) is 0 Å². The Hall–Kier alpha value is -2.04. The smallest absolute Gasteiger partial charge is 0.408 e. The van der Waals surface area contributed by atoms with E-state index in [0.717, 1.165) is 12.0 Å². The van der Waals surface area contributed by atoms with E-state index in [9.17, 15) is 9.59 Å². The van der Waals surface area contributed by atoms with E-state index in [1.807, 2.05) is 30.3 Å². The van der Waals surface area contributed by atoms with Crippen LogP contribution in [0, 0.1) is 0 Å². The number of carbonyl (C=O) groups is 2. The van der Waals surface area contributed by atoms with Crippen LogP contribution in [0.1, 0.15) is 18.9 Å². The number of esters is 1. The maximum atomic E-state index is 11.3. The summed E-state index contributed by atoms with van der Waals surface area (Å²) in [7, 11) is 0. The zero-order chi connectivity index (χ0) is 13.8. The average Bonchev–Trinajstić information content (AvgIpc) is 2.38. The second-order valence-corrected chi connectivity index (χ2v) is 4.65. The number of rotatable bonds is 5. The topological polar surface area (TPSA) is 66.8 Å². The van der Waals surface area contributed by atoms with Gasteiger partial charge in [0, 0.05) is 6.54 Å². The Morgan fingerprint density at radius 3 is 2.58 bits per heavy atom. The maximum Gasteiger partial charge on any atom is 0.408 e. The van der Waals surface area contributed by atoms with Crippen LogP contribution in [0.15, 0.2) is 30.3 Å². The zero-order valence-electron chi connectivity index (χ0n) is 10.8. The molecule has 1 aromatic rings. The normalized spacial score (nSPS) is 21.4. The van der Waals surface area contributed by atoms with E-state index in [4.69, 9.17) is 9.84 Å². The van der Waals surface area contributed by atoms with E-state index in [-0.39, 0.29) is 6.10 Å². The van der Waals surface area contributed by atoms with Gasteiger partial charge in [-0.05, 0) is 25.3 Å². The van der Waals surface area contributed by atoms with Gasteiger partial charge in [0.1, 0.15) is 6.10 Å². The molecule has 1 saturated heterocycles. The number of hydrogen-bond donors (Lipinski definition) is 1. The van der Waals surface area contributed by atoms with Crippen LogP contribution in [0.2, 0.25) is 0 Å².